The van der Waals surface area contributed by atoms with E-state index in [0.717, 1.165) is 28.6 Å². The second-order valence-corrected chi connectivity index (χ2v) is 9.29. The maximum Gasteiger partial charge on any atom is 0.337 e. The Morgan fingerprint density at radius 3 is 2.42 bits per heavy atom. The lowest BCUT2D eigenvalue weighted by Crippen LogP contribution is -2.22. The number of hydrogen-bond acceptors (Lipinski definition) is 2. The lowest BCUT2D eigenvalue weighted by molar-refractivity contribution is 0.0600. The minimum atomic E-state index is -0.336. The molecule has 33 heavy (non-hydrogen) atoms. The highest BCUT2D eigenvalue weighted by Crippen LogP contribution is 2.43. The molecule has 0 atom stereocenters. The molecule has 1 aliphatic carbocycles. The molecule has 1 aliphatic rings. The molecule has 4 aromatic rings. The number of aromatic amines is 1. The van der Waals surface area contributed by atoms with Crippen molar-refractivity contribution in [3.05, 3.63) is 119 Å². The Hall–Kier alpha value is -3.85. The summed E-state index contributed by atoms with van der Waals surface area (Å²) in [5.41, 5.74) is 9.84. The predicted octanol–water partition coefficient (Wildman–Crippen LogP) is 7.13. The number of esters is 1. The van der Waals surface area contributed by atoms with Crippen LogP contribution in [-0.2, 0) is 10.2 Å². The topological polar surface area (TPSA) is 42.1 Å². The summed E-state index contributed by atoms with van der Waals surface area (Å²) in [5.74, 6) is -0.336. The van der Waals surface area contributed by atoms with Crippen LogP contribution >= 0.6 is 0 Å². The van der Waals surface area contributed by atoms with E-state index < -0.39 is 0 Å². The molecule has 3 nitrogen and oxygen atoms in total. The van der Waals surface area contributed by atoms with Crippen LogP contribution in [0.2, 0.25) is 0 Å². The molecular formula is C30H27NO2. The Morgan fingerprint density at radius 1 is 0.939 bits per heavy atom. The van der Waals surface area contributed by atoms with Crippen molar-refractivity contribution in [2.75, 3.05) is 7.11 Å². The number of fused-ring (bicyclic) bond motifs is 2. The van der Waals surface area contributed by atoms with Crippen molar-refractivity contribution in [3.63, 3.8) is 0 Å². The van der Waals surface area contributed by atoms with E-state index in [0.29, 0.717) is 5.56 Å². The molecule has 3 heteroatoms. The summed E-state index contributed by atoms with van der Waals surface area (Å²) in [6.45, 7) is 8.97. The van der Waals surface area contributed by atoms with Gasteiger partial charge in [-0.2, -0.15) is 0 Å². The average molecular weight is 434 g/mol. The van der Waals surface area contributed by atoms with E-state index in [-0.39, 0.29) is 11.4 Å². The Kier molecular flexibility index (Phi) is 5.05. The Labute approximate surface area is 194 Å². The summed E-state index contributed by atoms with van der Waals surface area (Å²) in [6.07, 6.45) is 5.35. The van der Waals surface area contributed by atoms with Gasteiger partial charge in [0.1, 0.15) is 0 Å². The van der Waals surface area contributed by atoms with Gasteiger partial charge in [0.05, 0.1) is 12.7 Å². The third kappa shape index (κ3) is 3.70. The Morgan fingerprint density at radius 2 is 1.67 bits per heavy atom. The summed E-state index contributed by atoms with van der Waals surface area (Å²) < 4.78 is 4.81. The lowest BCUT2D eigenvalue weighted by Gasteiger charge is -2.33. The van der Waals surface area contributed by atoms with Crippen molar-refractivity contribution < 1.29 is 9.53 Å². The Bertz CT molecular complexity index is 1420. The molecule has 3 aromatic carbocycles. The SMILES string of the molecule is C=C(c1ccc(C(=O)OC)cc1)c1ccc2c(c1)C(c1ccc3[nH]ccc3c1)=CCC2(C)C. The molecule has 0 spiro atoms. The first kappa shape index (κ1) is 21.0. The number of aromatic nitrogens is 1. The summed E-state index contributed by atoms with van der Waals surface area (Å²) >= 11 is 0. The van der Waals surface area contributed by atoms with Crippen LogP contribution in [-0.4, -0.2) is 18.1 Å². The summed E-state index contributed by atoms with van der Waals surface area (Å²) in [5, 5.41) is 1.21. The van der Waals surface area contributed by atoms with Gasteiger partial charge in [-0.25, -0.2) is 4.79 Å². The first-order valence-electron chi connectivity index (χ1n) is 11.2. The molecule has 5 rings (SSSR count). The number of rotatable bonds is 4. The number of carbonyl (C=O) groups is 1. The zero-order chi connectivity index (χ0) is 23.2. The minimum Gasteiger partial charge on any atom is -0.465 e. The molecule has 0 bridgehead atoms. The average Bonchev–Trinajstić information content (AvgIpc) is 3.31. The molecule has 0 fully saturated rings. The van der Waals surface area contributed by atoms with Gasteiger partial charge >= 0.3 is 5.97 Å². The van der Waals surface area contributed by atoms with Crippen molar-refractivity contribution in [1.82, 2.24) is 4.98 Å². The van der Waals surface area contributed by atoms with Crippen LogP contribution in [0.15, 0.2) is 85.6 Å². The summed E-state index contributed by atoms with van der Waals surface area (Å²) in [7, 11) is 1.39. The fourth-order valence-electron chi connectivity index (χ4n) is 4.71. The van der Waals surface area contributed by atoms with Gasteiger partial charge in [-0.05, 0) is 92.6 Å². The van der Waals surface area contributed by atoms with E-state index in [1.807, 2.05) is 18.3 Å². The van der Waals surface area contributed by atoms with Crippen LogP contribution in [0.4, 0.5) is 0 Å². The van der Waals surface area contributed by atoms with Crippen LogP contribution in [0.5, 0.6) is 0 Å². The molecule has 1 aromatic heterocycles. The van der Waals surface area contributed by atoms with Crippen LogP contribution in [0.25, 0.3) is 22.0 Å². The zero-order valence-electron chi connectivity index (χ0n) is 19.2. The molecule has 0 radical (unpaired) electrons. The van der Waals surface area contributed by atoms with Gasteiger partial charge in [-0.1, -0.05) is 56.8 Å². The van der Waals surface area contributed by atoms with Crippen molar-refractivity contribution in [2.24, 2.45) is 0 Å². The van der Waals surface area contributed by atoms with E-state index in [9.17, 15) is 4.79 Å². The standard InChI is InChI=1S/C30H27NO2/c1-19(20-5-7-21(8-6-20)29(32)33-4)22-9-11-27-26(18-22)25(13-15-30(27,2)3)23-10-12-28-24(17-23)14-16-31-28/h5-14,16-18,31H,1,15H2,2-4H3. The van der Waals surface area contributed by atoms with Crippen LogP contribution in [0, 0.1) is 0 Å². The van der Waals surface area contributed by atoms with Gasteiger partial charge in [0.25, 0.3) is 0 Å². The number of hydrogen-bond donors (Lipinski definition) is 1. The molecule has 0 aliphatic heterocycles. The number of ether oxygens (including phenoxy) is 1. The smallest absolute Gasteiger partial charge is 0.337 e. The number of nitrogens with one attached hydrogen (secondary N) is 1. The van der Waals surface area contributed by atoms with Crippen molar-refractivity contribution in [2.45, 2.75) is 25.7 Å². The number of allylic oxidation sites excluding steroid dienone is 1. The number of methoxy groups -OCH3 is 1. The highest BCUT2D eigenvalue weighted by molar-refractivity contribution is 5.92. The minimum absolute atomic E-state index is 0.0685. The third-order valence-electron chi connectivity index (χ3n) is 6.72. The second-order valence-electron chi connectivity index (χ2n) is 9.29. The molecule has 0 saturated carbocycles. The van der Waals surface area contributed by atoms with E-state index in [4.69, 9.17) is 4.74 Å². The van der Waals surface area contributed by atoms with Crippen molar-refractivity contribution in [1.29, 1.82) is 0 Å². The molecule has 1 N–H and O–H groups in total. The van der Waals surface area contributed by atoms with Gasteiger partial charge in [-0.15, -0.1) is 0 Å². The lowest BCUT2D eigenvalue weighted by atomic mass is 9.71. The van der Waals surface area contributed by atoms with Crippen molar-refractivity contribution >= 4 is 28.0 Å². The maximum atomic E-state index is 11.8. The fraction of sp³-hybridized carbons (Fsp3) is 0.167. The summed E-state index contributed by atoms with van der Waals surface area (Å²) in [6, 6.07) is 22.8. The highest BCUT2D eigenvalue weighted by atomic mass is 16.5. The quantitative estimate of drug-likeness (QED) is 0.348. The van der Waals surface area contributed by atoms with Crippen molar-refractivity contribution in [3.8, 4) is 0 Å². The molecule has 0 amide bonds. The van der Waals surface area contributed by atoms with E-state index >= 15 is 0 Å². The second kappa shape index (κ2) is 7.93. The third-order valence-corrected chi connectivity index (χ3v) is 6.72. The van der Waals surface area contributed by atoms with E-state index in [1.54, 1.807) is 12.1 Å². The number of H-pyrrole nitrogens is 1. The predicted molar refractivity (Wildman–Crippen MR) is 135 cm³/mol. The molecular weight excluding hydrogens is 406 g/mol. The van der Waals surface area contributed by atoms with Crippen LogP contribution in [0.1, 0.15) is 58.4 Å². The Balaban J connectivity index is 1.56. The largest absolute Gasteiger partial charge is 0.465 e. The monoisotopic (exact) mass is 433 g/mol. The number of carbonyl (C=O) groups excluding carboxylic acids is 1. The van der Waals surface area contributed by atoms with Gasteiger partial charge in [0.2, 0.25) is 0 Å². The van der Waals surface area contributed by atoms with Gasteiger partial charge in [-0.3, -0.25) is 0 Å². The molecule has 0 saturated heterocycles. The number of benzene rings is 3. The first-order chi connectivity index (χ1) is 15.9. The highest BCUT2D eigenvalue weighted by Gasteiger charge is 2.29. The van der Waals surface area contributed by atoms with Crippen LogP contribution in [0.3, 0.4) is 0 Å². The van der Waals surface area contributed by atoms with Gasteiger partial charge in [0.15, 0.2) is 0 Å². The molecule has 0 unspecified atom stereocenters. The first-order valence-corrected chi connectivity index (χ1v) is 11.2. The van der Waals surface area contributed by atoms with Crippen LogP contribution < -0.4 is 0 Å². The zero-order valence-corrected chi connectivity index (χ0v) is 19.2. The normalized spacial score (nSPS) is 14.5. The van der Waals surface area contributed by atoms with E-state index in [1.165, 1.54) is 34.8 Å². The fourth-order valence-corrected chi connectivity index (χ4v) is 4.71. The van der Waals surface area contributed by atoms with Gasteiger partial charge < -0.3 is 9.72 Å². The molecule has 164 valence electrons. The molecule has 1 heterocycles. The van der Waals surface area contributed by atoms with Gasteiger partial charge in [0, 0.05) is 11.7 Å². The maximum absolute atomic E-state index is 11.8. The summed E-state index contributed by atoms with van der Waals surface area (Å²) in [4.78, 5) is 15.0. The van der Waals surface area contributed by atoms with E-state index in [2.05, 4.69) is 74.0 Å².